The second kappa shape index (κ2) is 16.8. The zero-order valence-electron chi connectivity index (χ0n) is 33.9. The number of unbranched alkanes of at least 4 members (excludes halogenated alkanes) is 2. The third-order valence-electron chi connectivity index (χ3n) is 12.2. The molecule has 0 spiro atoms. The van der Waals surface area contributed by atoms with Gasteiger partial charge in [0.25, 0.3) is 17.7 Å². The Morgan fingerprint density at radius 1 is 0.900 bits per heavy atom. The molecule has 1 atom stereocenters. The van der Waals surface area contributed by atoms with Crippen LogP contribution in [0.4, 0.5) is 14.5 Å². The highest BCUT2D eigenvalue weighted by Crippen LogP contribution is 2.55. The molecule has 13 nitrogen and oxygen atoms in total. The van der Waals surface area contributed by atoms with Crippen LogP contribution < -0.4 is 25.0 Å². The molecule has 2 N–H and O–H groups in total. The molecule has 2 saturated heterocycles. The second-order valence-corrected chi connectivity index (χ2v) is 17.4. The lowest BCUT2D eigenvalue weighted by Gasteiger charge is -2.63. The maximum Gasteiger partial charge on any atom is 0.262 e. The molecule has 60 heavy (non-hydrogen) atoms. The molecule has 3 heterocycles. The van der Waals surface area contributed by atoms with Gasteiger partial charge in [-0.2, -0.15) is 5.26 Å². The number of piperidine rings is 1. The van der Waals surface area contributed by atoms with Crippen molar-refractivity contribution in [2.45, 2.75) is 78.0 Å². The van der Waals surface area contributed by atoms with E-state index in [1.54, 1.807) is 24.3 Å². The molecule has 3 fully saturated rings. The molecular weight excluding hydrogens is 798 g/mol. The number of nitriles is 1. The van der Waals surface area contributed by atoms with E-state index in [0.29, 0.717) is 55.5 Å². The van der Waals surface area contributed by atoms with Crippen LogP contribution in [0.5, 0.6) is 11.5 Å². The summed E-state index contributed by atoms with van der Waals surface area (Å²) in [5.74, 6) is -4.03. The van der Waals surface area contributed by atoms with Gasteiger partial charge in [-0.15, -0.1) is 0 Å². The maximum atomic E-state index is 15.5. The van der Waals surface area contributed by atoms with E-state index < -0.39 is 69.6 Å². The number of amides is 5. The van der Waals surface area contributed by atoms with Crippen molar-refractivity contribution in [3.05, 3.63) is 87.4 Å². The molecule has 4 aliphatic rings. The number of rotatable bonds is 13. The Hall–Kier alpha value is -5.59. The predicted octanol–water partition coefficient (Wildman–Crippen LogP) is 5.87. The van der Waals surface area contributed by atoms with Crippen molar-refractivity contribution in [2.75, 3.05) is 44.2 Å². The minimum Gasteiger partial charge on any atom is -0.494 e. The summed E-state index contributed by atoms with van der Waals surface area (Å²) in [6, 6.07) is 12.4. The van der Waals surface area contributed by atoms with Crippen LogP contribution >= 0.6 is 11.6 Å². The van der Waals surface area contributed by atoms with Crippen molar-refractivity contribution in [3.8, 4) is 17.6 Å². The fourth-order valence-electron chi connectivity index (χ4n) is 9.33. The molecule has 1 unspecified atom stereocenters. The number of nitrogens with zero attached hydrogens (tertiary/aromatic N) is 4. The van der Waals surface area contributed by atoms with Crippen LogP contribution in [0.3, 0.4) is 0 Å². The van der Waals surface area contributed by atoms with Gasteiger partial charge in [0.05, 0.1) is 28.3 Å². The topological polar surface area (TPSA) is 161 Å². The van der Waals surface area contributed by atoms with E-state index in [9.17, 15) is 29.2 Å². The third-order valence-corrected chi connectivity index (χ3v) is 12.5. The van der Waals surface area contributed by atoms with Gasteiger partial charge in [-0.3, -0.25) is 39.1 Å². The van der Waals surface area contributed by atoms with Crippen LogP contribution in [-0.4, -0.2) is 96.9 Å². The zero-order chi connectivity index (χ0) is 43.1. The van der Waals surface area contributed by atoms with Crippen LogP contribution in [-0.2, 0) is 9.59 Å². The Kier molecular flexibility index (Phi) is 11.9. The number of anilines is 1. The molecule has 3 aromatic carbocycles. The summed E-state index contributed by atoms with van der Waals surface area (Å²) < 4.78 is 43.2. The number of benzene rings is 3. The van der Waals surface area contributed by atoms with Gasteiger partial charge in [0, 0.05) is 61.2 Å². The molecule has 5 amide bonds. The monoisotopic (exact) mass is 844 g/mol. The third kappa shape index (κ3) is 8.14. The number of halogens is 3. The van der Waals surface area contributed by atoms with E-state index in [4.69, 9.17) is 21.1 Å². The van der Waals surface area contributed by atoms with E-state index in [2.05, 4.69) is 15.5 Å². The van der Waals surface area contributed by atoms with Gasteiger partial charge in [0.1, 0.15) is 46.9 Å². The van der Waals surface area contributed by atoms with Crippen LogP contribution in [0.2, 0.25) is 5.02 Å². The first kappa shape index (κ1) is 42.5. The quantitative estimate of drug-likeness (QED) is 0.157. The smallest absolute Gasteiger partial charge is 0.262 e. The Balaban J connectivity index is 0.840. The first-order valence-corrected chi connectivity index (χ1v) is 20.5. The van der Waals surface area contributed by atoms with Gasteiger partial charge >= 0.3 is 0 Å². The number of imide groups is 2. The lowest BCUT2D eigenvalue weighted by molar-refractivity contribution is -0.164. The number of hydrogen-bond donors (Lipinski definition) is 2. The summed E-state index contributed by atoms with van der Waals surface area (Å²) in [6.07, 6.45) is 2.29. The van der Waals surface area contributed by atoms with Crippen LogP contribution in [0.1, 0.15) is 96.4 Å². The van der Waals surface area contributed by atoms with Gasteiger partial charge in [-0.05, 0) is 74.7 Å². The largest absolute Gasteiger partial charge is 0.494 e. The number of hydrogen-bond acceptors (Lipinski definition) is 10. The Labute approximate surface area is 351 Å². The van der Waals surface area contributed by atoms with Crippen molar-refractivity contribution >= 4 is 46.8 Å². The fourth-order valence-corrected chi connectivity index (χ4v) is 9.54. The standard InChI is InChI=1S/C44H47ClF2N6O7/c1-43(2)41(44(3,4)42(43)60-28-9-8-25(24-48)31(45)23-28)50-38(56)36-32(46)20-26(21-33(36)47)52-17-15-51(16-18-52)14-6-5-7-19-59-27-10-11-29-30(22-27)40(58)53(39(29)57)34-12-13-35(54)49-37(34)55/h8-11,20-23,34,41-42H,5-7,12-19H2,1-4H3,(H,50,56)(H,49,54,55). The Bertz CT molecular complexity index is 2250. The minimum absolute atomic E-state index is 0.0494. The minimum atomic E-state index is -1.03. The Morgan fingerprint density at radius 3 is 2.22 bits per heavy atom. The molecule has 3 aliphatic heterocycles. The first-order valence-electron chi connectivity index (χ1n) is 20.1. The molecule has 1 saturated carbocycles. The average molecular weight is 845 g/mol. The molecule has 1 aliphatic carbocycles. The van der Waals surface area contributed by atoms with Crippen molar-refractivity contribution in [3.63, 3.8) is 0 Å². The number of piperazine rings is 1. The summed E-state index contributed by atoms with van der Waals surface area (Å²) in [7, 11) is 0. The van der Waals surface area contributed by atoms with Crippen LogP contribution in [0.25, 0.3) is 0 Å². The molecule has 0 radical (unpaired) electrons. The van der Waals surface area contributed by atoms with Gasteiger partial charge in [0.15, 0.2) is 0 Å². The number of fused-ring (bicyclic) bond motifs is 1. The maximum absolute atomic E-state index is 15.5. The second-order valence-electron chi connectivity index (χ2n) is 17.0. The van der Waals surface area contributed by atoms with Crippen molar-refractivity contribution in [1.29, 1.82) is 5.26 Å². The highest BCUT2D eigenvalue weighted by molar-refractivity contribution is 6.31. The van der Waals surface area contributed by atoms with Gasteiger partial charge in [-0.25, -0.2) is 8.78 Å². The van der Waals surface area contributed by atoms with Crippen molar-refractivity contribution < 1.29 is 42.2 Å². The molecule has 3 aromatic rings. The highest BCUT2D eigenvalue weighted by Gasteiger charge is 2.64. The molecule has 0 bridgehead atoms. The highest BCUT2D eigenvalue weighted by atomic mass is 35.5. The summed E-state index contributed by atoms with van der Waals surface area (Å²) in [5, 5.41) is 14.5. The molecule has 0 aromatic heterocycles. The average Bonchev–Trinajstić information content (AvgIpc) is 3.44. The van der Waals surface area contributed by atoms with Gasteiger partial charge in [0.2, 0.25) is 11.8 Å². The van der Waals surface area contributed by atoms with E-state index >= 15 is 8.78 Å². The normalized spacial score (nSPS) is 22.1. The Morgan fingerprint density at radius 2 is 1.57 bits per heavy atom. The number of nitrogens with one attached hydrogen (secondary N) is 2. The van der Waals surface area contributed by atoms with Gasteiger partial charge in [-0.1, -0.05) is 39.3 Å². The molecule has 16 heteroatoms. The number of carbonyl (C=O) groups is 5. The lowest BCUT2D eigenvalue weighted by Crippen LogP contribution is -2.74. The van der Waals surface area contributed by atoms with E-state index in [0.717, 1.165) is 30.7 Å². The zero-order valence-corrected chi connectivity index (χ0v) is 34.7. The van der Waals surface area contributed by atoms with Crippen LogP contribution in [0.15, 0.2) is 48.5 Å². The van der Waals surface area contributed by atoms with Crippen molar-refractivity contribution in [1.82, 2.24) is 20.4 Å². The molecule has 316 valence electrons. The number of ether oxygens (including phenoxy) is 2. The first-order chi connectivity index (χ1) is 28.5. The van der Waals surface area contributed by atoms with Crippen molar-refractivity contribution in [2.24, 2.45) is 10.8 Å². The SMILES string of the molecule is CC1(C)C(NC(=O)c2c(F)cc(N3CCN(CCCCCOc4ccc5c(c4)C(=O)N(C4CCC(=O)NC4=O)C5=O)CC3)cc2F)C(C)(C)C1Oc1ccc(C#N)c(Cl)c1. The predicted molar refractivity (Wildman–Crippen MR) is 217 cm³/mol. The molecule has 7 rings (SSSR count). The molecular formula is C44H47ClF2N6O7. The summed E-state index contributed by atoms with van der Waals surface area (Å²) in [4.78, 5) is 68.4. The summed E-state index contributed by atoms with van der Waals surface area (Å²) in [5.41, 5.74) is -0.790. The number of carbonyl (C=O) groups excluding carboxylic acids is 5. The lowest BCUT2D eigenvalue weighted by atomic mass is 9.49. The van der Waals surface area contributed by atoms with E-state index in [1.165, 1.54) is 24.3 Å². The van der Waals surface area contributed by atoms with Crippen LogP contribution in [0, 0.1) is 33.8 Å². The fraction of sp³-hybridized carbons (Fsp3) is 0.455. The van der Waals surface area contributed by atoms with E-state index in [1.807, 2.05) is 38.7 Å². The van der Waals surface area contributed by atoms with E-state index in [-0.39, 0.29) is 35.1 Å². The summed E-state index contributed by atoms with van der Waals surface area (Å²) in [6.45, 7) is 11.4. The summed E-state index contributed by atoms with van der Waals surface area (Å²) >= 11 is 6.20. The van der Waals surface area contributed by atoms with Gasteiger partial charge < -0.3 is 19.7 Å².